The summed E-state index contributed by atoms with van der Waals surface area (Å²) in [5, 5.41) is 18.8. The fourth-order valence-electron chi connectivity index (χ4n) is 2.31. The van der Waals surface area contributed by atoms with Crippen LogP contribution in [0.2, 0.25) is 0 Å². The molecule has 0 aromatic heterocycles. The third kappa shape index (κ3) is 3.16. The van der Waals surface area contributed by atoms with Crippen LogP contribution in [0.4, 0.5) is 0 Å². The van der Waals surface area contributed by atoms with Crippen LogP contribution in [0.1, 0.15) is 6.92 Å². The molecule has 0 bridgehead atoms. The number of aliphatic hydroxyl groups is 2. The Morgan fingerprint density at radius 1 is 1.29 bits per heavy atom. The predicted octanol–water partition coefficient (Wildman–Crippen LogP) is -1.73. The van der Waals surface area contributed by atoms with E-state index in [2.05, 4.69) is 0 Å². The number of ether oxygens (including phenoxy) is 1. The third-order valence-corrected chi connectivity index (χ3v) is 3.29. The highest BCUT2D eigenvalue weighted by Crippen LogP contribution is 2.11. The molecule has 17 heavy (non-hydrogen) atoms. The number of β-amino-alcohol motifs (C(OH)–C–C–N with tert-alkyl or cyclic N) is 2. The number of hydrogen-bond donors (Lipinski definition) is 2. The molecule has 1 unspecified atom stereocenters. The van der Waals surface area contributed by atoms with Crippen molar-refractivity contribution >= 4 is 5.91 Å². The summed E-state index contributed by atoms with van der Waals surface area (Å²) < 4.78 is 5.37. The van der Waals surface area contributed by atoms with Gasteiger partial charge in [0.05, 0.1) is 31.5 Å². The predicted molar refractivity (Wildman–Crippen MR) is 60.4 cm³/mol. The SMILES string of the molecule is CC1CN(C(=O)CN2C[C@@H](O)[C@@H](O)C2)CCO1. The Kier molecular flexibility index (Phi) is 3.98. The maximum atomic E-state index is 12.0. The molecule has 6 heteroatoms. The van der Waals surface area contributed by atoms with E-state index in [1.54, 1.807) is 9.80 Å². The highest BCUT2D eigenvalue weighted by molar-refractivity contribution is 5.78. The van der Waals surface area contributed by atoms with Gasteiger partial charge in [-0.3, -0.25) is 9.69 Å². The Bertz CT molecular complexity index is 277. The summed E-state index contributed by atoms with van der Waals surface area (Å²) in [5.41, 5.74) is 0. The Labute approximate surface area is 101 Å². The topological polar surface area (TPSA) is 73.2 Å². The van der Waals surface area contributed by atoms with Gasteiger partial charge in [-0.25, -0.2) is 0 Å². The summed E-state index contributed by atoms with van der Waals surface area (Å²) in [6, 6.07) is 0. The molecule has 2 saturated heterocycles. The fraction of sp³-hybridized carbons (Fsp3) is 0.909. The minimum Gasteiger partial charge on any atom is -0.389 e. The number of morpholine rings is 1. The lowest BCUT2D eigenvalue weighted by Gasteiger charge is -2.32. The molecule has 98 valence electrons. The Balaban J connectivity index is 1.81. The smallest absolute Gasteiger partial charge is 0.236 e. The molecule has 1 amide bonds. The zero-order chi connectivity index (χ0) is 12.4. The van der Waals surface area contributed by atoms with Crippen LogP contribution in [0.3, 0.4) is 0 Å². The van der Waals surface area contributed by atoms with E-state index in [-0.39, 0.29) is 18.6 Å². The number of nitrogens with zero attached hydrogens (tertiary/aromatic N) is 2. The van der Waals surface area contributed by atoms with E-state index < -0.39 is 12.2 Å². The number of likely N-dealkylation sites (tertiary alicyclic amines) is 1. The number of aliphatic hydroxyl groups excluding tert-OH is 2. The molecular formula is C11H20N2O4. The van der Waals surface area contributed by atoms with E-state index in [0.717, 1.165) is 0 Å². The molecular weight excluding hydrogens is 224 g/mol. The van der Waals surface area contributed by atoms with Crippen LogP contribution in [0, 0.1) is 0 Å². The van der Waals surface area contributed by atoms with Crippen LogP contribution in [-0.4, -0.2) is 83.6 Å². The fourth-order valence-corrected chi connectivity index (χ4v) is 2.31. The zero-order valence-corrected chi connectivity index (χ0v) is 10.1. The molecule has 2 N–H and O–H groups in total. The normalized spacial score (nSPS) is 35.2. The first-order valence-electron chi connectivity index (χ1n) is 6.04. The number of hydrogen-bond acceptors (Lipinski definition) is 5. The number of amides is 1. The van der Waals surface area contributed by atoms with Crippen molar-refractivity contribution in [1.29, 1.82) is 0 Å². The lowest BCUT2D eigenvalue weighted by Crippen LogP contribution is -2.48. The molecule has 2 rings (SSSR count). The van der Waals surface area contributed by atoms with Crippen LogP contribution in [0.5, 0.6) is 0 Å². The second kappa shape index (κ2) is 5.30. The molecule has 2 heterocycles. The Morgan fingerprint density at radius 3 is 2.53 bits per heavy atom. The largest absolute Gasteiger partial charge is 0.389 e. The lowest BCUT2D eigenvalue weighted by molar-refractivity contribution is -0.139. The molecule has 6 nitrogen and oxygen atoms in total. The zero-order valence-electron chi connectivity index (χ0n) is 10.1. The van der Waals surface area contributed by atoms with Crippen LogP contribution < -0.4 is 0 Å². The van der Waals surface area contributed by atoms with Crippen molar-refractivity contribution in [2.75, 3.05) is 39.3 Å². The first-order valence-corrected chi connectivity index (χ1v) is 6.04. The van der Waals surface area contributed by atoms with Crippen LogP contribution in [0.25, 0.3) is 0 Å². The standard InChI is InChI=1S/C11H20N2O4/c1-8-4-13(2-3-17-8)11(16)7-12-5-9(14)10(15)6-12/h8-10,14-15H,2-7H2,1H3/t8?,9-,10+. The first kappa shape index (κ1) is 12.8. The average molecular weight is 244 g/mol. The summed E-state index contributed by atoms with van der Waals surface area (Å²) in [6.45, 7) is 4.78. The molecule has 0 aromatic carbocycles. The quantitative estimate of drug-likeness (QED) is 0.604. The van der Waals surface area contributed by atoms with Crippen molar-refractivity contribution in [3.63, 3.8) is 0 Å². The van der Waals surface area contributed by atoms with Gasteiger partial charge in [-0.1, -0.05) is 0 Å². The Morgan fingerprint density at radius 2 is 1.94 bits per heavy atom. The van der Waals surface area contributed by atoms with Gasteiger partial charge >= 0.3 is 0 Å². The van der Waals surface area contributed by atoms with E-state index in [1.807, 2.05) is 6.92 Å². The van der Waals surface area contributed by atoms with Crippen molar-refractivity contribution in [1.82, 2.24) is 9.80 Å². The van der Waals surface area contributed by atoms with Gasteiger partial charge in [0.25, 0.3) is 0 Å². The van der Waals surface area contributed by atoms with Gasteiger partial charge in [-0.2, -0.15) is 0 Å². The second-order valence-corrected chi connectivity index (χ2v) is 4.85. The van der Waals surface area contributed by atoms with Crippen molar-refractivity contribution < 1.29 is 19.7 Å². The van der Waals surface area contributed by atoms with Crippen molar-refractivity contribution in [3.8, 4) is 0 Å². The van der Waals surface area contributed by atoms with Gasteiger partial charge in [0.2, 0.25) is 5.91 Å². The van der Waals surface area contributed by atoms with Gasteiger partial charge in [0, 0.05) is 26.2 Å². The molecule has 3 atom stereocenters. The van der Waals surface area contributed by atoms with Crippen molar-refractivity contribution in [2.24, 2.45) is 0 Å². The molecule has 2 aliphatic heterocycles. The van der Waals surface area contributed by atoms with Gasteiger partial charge in [0.15, 0.2) is 0 Å². The lowest BCUT2D eigenvalue weighted by atomic mass is 10.3. The van der Waals surface area contributed by atoms with Crippen molar-refractivity contribution in [3.05, 3.63) is 0 Å². The van der Waals surface area contributed by atoms with Crippen LogP contribution in [-0.2, 0) is 9.53 Å². The summed E-state index contributed by atoms with van der Waals surface area (Å²) >= 11 is 0. The highest BCUT2D eigenvalue weighted by atomic mass is 16.5. The monoisotopic (exact) mass is 244 g/mol. The summed E-state index contributed by atoms with van der Waals surface area (Å²) in [4.78, 5) is 15.6. The first-order chi connectivity index (χ1) is 8.06. The highest BCUT2D eigenvalue weighted by Gasteiger charge is 2.32. The van der Waals surface area contributed by atoms with Gasteiger partial charge in [-0.15, -0.1) is 0 Å². The molecule has 2 fully saturated rings. The van der Waals surface area contributed by atoms with E-state index in [0.29, 0.717) is 32.8 Å². The van der Waals surface area contributed by atoms with E-state index in [4.69, 9.17) is 4.74 Å². The second-order valence-electron chi connectivity index (χ2n) is 4.85. The Hall–Kier alpha value is -0.690. The van der Waals surface area contributed by atoms with Crippen LogP contribution in [0.15, 0.2) is 0 Å². The molecule has 0 radical (unpaired) electrons. The minimum absolute atomic E-state index is 0.0430. The number of rotatable bonds is 2. The molecule has 2 aliphatic rings. The molecule has 0 aromatic rings. The summed E-state index contributed by atoms with van der Waals surface area (Å²) in [5.74, 6) is 0.0430. The molecule has 0 spiro atoms. The van der Waals surface area contributed by atoms with Gasteiger partial charge in [0.1, 0.15) is 0 Å². The van der Waals surface area contributed by atoms with Gasteiger partial charge < -0.3 is 19.8 Å². The van der Waals surface area contributed by atoms with Crippen LogP contribution >= 0.6 is 0 Å². The average Bonchev–Trinajstić information content (AvgIpc) is 2.58. The number of carbonyl (C=O) groups is 1. The third-order valence-electron chi connectivity index (χ3n) is 3.29. The summed E-state index contributed by atoms with van der Waals surface area (Å²) in [6.07, 6.45) is -1.37. The van der Waals surface area contributed by atoms with E-state index in [9.17, 15) is 15.0 Å². The van der Waals surface area contributed by atoms with Gasteiger partial charge in [-0.05, 0) is 6.92 Å². The maximum Gasteiger partial charge on any atom is 0.236 e. The van der Waals surface area contributed by atoms with E-state index >= 15 is 0 Å². The maximum absolute atomic E-state index is 12.0. The summed E-state index contributed by atoms with van der Waals surface area (Å²) in [7, 11) is 0. The van der Waals surface area contributed by atoms with E-state index in [1.165, 1.54) is 0 Å². The minimum atomic E-state index is -0.730. The number of carbonyl (C=O) groups excluding carboxylic acids is 1. The van der Waals surface area contributed by atoms with Crippen molar-refractivity contribution in [2.45, 2.75) is 25.2 Å². The molecule has 0 aliphatic carbocycles. The molecule has 0 saturated carbocycles.